The van der Waals surface area contributed by atoms with E-state index in [-0.39, 0.29) is 41.9 Å². The zero-order valence-electron chi connectivity index (χ0n) is 14.9. The second kappa shape index (κ2) is 7.73. The fourth-order valence-electron chi connectivity index (χ4n) is 3.44. The van der Waals surface area contributed by atoms with Crippen molar-refractivity contribution in [1.29, 1.82) is 0 Å². The van der Waals surface area contributed by atoms with Crippen LogP contribution in [0, 0.1) is 18.7 Å². The van der Waals surface area contributed by atoms with Gasteiger partial charge in [0.1, 0.15) is 18.0 Å². The van der Waals surface area contributed by atoms with Gasteiger partial charge in [0.05, 0.1) is 11.8 Å². The first-order valence-electron chi connectivity index (χ1n) is 8.74. The summed E-state index contributed by atoms with van der Waals surface area (Å²) in [6.45, 7) is 2.42. The highest BCUT2D eigenvalue weighted by molar-refractivity contribution is 6.00. The summed E-state index contributed by atoms with van der Waals surface area (Å²) in [5.41, 5.74) is 1.25. The Labute approximate surface area is 155 Å². The molecule has 7 heteroatoms. The Kier molecular flexibility index (Phi) is 5.39. The van der Waals surface area contributed by atoms with Gasteiger partial charge in [-0.2, -0.15) is 0 Å². The minimum atomic E-state index is -1.08. The van der Waals surface area contributed by atoms with Gasteiger partial charge in [0.15, 0.2) is 5.78 Å². The summed E-state index contributed by atoms with van der Waals surface area (Å²) in [5, 5.41) is 9.00. The molecule has 0 spiro atoms. The van der Waals surface area contributed by atoms with E-state index in [0.29, 0.717) is 30.5 Å². The fourth-order valence-corrected chi connectivity index (χ4v) is 3.44. The Hall–Kier alpha value is -2.96. The Balaban J connectivity index is 1.77. The summed E-state index contributed by atoms with van der Waals surface area (Å²) in [6.07, 6.45) is 2.30. The lowest BCUT2D eigenvalue weighted by atomic mass is 9.89. The van der Waals surface area contributed by atoms with Crippen LogP contribution < -0.4 is 0 Å². The molecule has 142 valence electrons. The van der Waals surface area contributed by atoms with Gasteiger partial charge in [-0.1, -0.05) is 0 Å². The summed E-state index contributed by atoms with van der Waals surface area (Å²) in [4.78, 5) is 38.2. The van der Waals surface area contributed by atoms with Crippen molar-refractivity contribution in [2.45, 2.75) is 26.2 Å². The van der Waals surface area contributed by atoms with Crippen molar-refractivity contribution in [2.75, 3.05) is 13.1 Å². The molecule has 0 saturated carbocycles. The molecule has 0 bridgehead atoms. The lowest BCUT2D eigenvalue weighted by Crippen LogP contribution is -2.42. The molecule has 1 aromatic carbocycles. The molecule has 1 aliphatic rings. The molecule has 27 heavy (non-hydrogen) atoms. The third-order valence-electron chi connectivity index (χ3n) is 4.78. The van der Waals surface area contributed by atoms with E-state index in [9.17, 15) is 18.8 Å². The van der Waals surface area contributed by atoms with Crippen molar-refractivity contribution in [3.8, 4) is 0 Å². The lowest BCUT2D eigenvalue weighted by Gasteiger charge is -2.32. The molecule has 1 unspecified atom stereocenters. The number of carboxylic acids is 1. The maximum absolute atomic E-state index is 13.1. The first-order chi connectivity index (χ1) is 12.9. The number of hydrogen-bond acceptors (Lipinski definition) is 4. The van der Waals surface area contributed by atoms with E-state index in [2.05, 4.69) is 0 Å². The molecule has 0 radical (unpaired) electrons. The predicted octanol–water partition coefficient (Wildman–Crippen LogP) is 3.09. The maximum Gasteiger partial charge on any atom is 0.311 e. The summed E-state index contributed by atoms with van der Waals surface area (Å²) in [6, 6.07) is 5.38. The van der Waals surface area contributed by atoms with Gasteiger partial charge in [-0.3, -0.25) is 14.4 Å². The van der Waals surface area contributed by atoms with Gasteiger partial charge in [0.25, 0.3) is 5.91 Å². The van der Waals surface area contributed by atoms with Crippen LogP contribution in [0.25, 0.3) is 0 Å². The molecule has 1 aliphatic heterocycles. The van der Waals surface area contributed by atoms with Crippen LogP contribution in [0.3, 0.4) is 0 Å². The molecule has 1 aromatic heterocycles. The number of ketones is 1. The minimum absolute atomic E-state index is 0.122. The molecule has 1 atom stereocenters. The van der Waals surface area contributed by atoms with Crippen molar-refractivity contribution in [2.24, 2.45) is 5.92 Å². The number of furan rings is 1. The van der Waals surface area contributed by atoms with Crippen LogP contribution in [0.5, 0.6) is 0 Å². The lowest BCUT2D eigenvalue weighted by molar-refractivity contribution is -0.136. The van der Waals surface area contributed by atoms with Crippen LogP contribution in [0.1, 0.15) is 44.9 Å². The number of Topliss-reactive ketones (excluding diaryl/α,β-unsaturated/α-hetero) is 1. The maximum atomic E-state index is 13.1. The largest absolute Gasteiger partial charge is 0.481 e. The zero-order chi connectivity index (χ0) is 19.6. The number of carbonyl (C=O) groups is 3. The molecule has 1 saturated heterocycles. The molecular formula is C20H20FNO5. The van der Waals surface area contributed by atoms with E-state index >= 15 is 0 Å². The molecule has 1 fully saturated rings. The number of halogens is 1. The van der Waals surface area contributed by atoms with Crippen molar-refractivity contribution in [1.82, 2.24) is 4.90 Å². The van der Waals surface area contributed by atoms with Gasteiger partial charge in [-0.05, 0) is 44.0 Å². The van der Waals surface area contributed by atoms with Crippen LogP contribution in [0.2, 0.25) is 0 Å². The molecular weight excluding hydrogens is 353 g/mol. The van der Waals surface area contributed by atoms with Crippen molar-refractivity contribution >= 4 is 17.7 Å². The Bertz CT molecular complexity index is 871. The van der Waals surface area contributed by atoms with Crippen molar-refractivity contribution < 1.29 is 28.3 Å². The molecule has 1 N–H and O–H groups in total. The molecule has 2 heterocycles. The fraction of sp³-hybridized carbons (Fsp3) is 0.350. The number of nitrogens with zero attached hydrogens (tertiary/aromatic N) is 1. The van der Waals surface area contributed by atoms with Gasteiger partial charge in [0, 0.05) is 30.1 Å². The number of hydrogen-bond donors (Lipinski definition) is 1. The number of amides is 1. The quantitative estimate of drug-likeness (QED) is 0.814. The van der Waals surface area contributed by atoms with E-state index in [1.165, 1.54) is 30.5 Å². The third kappa shape index (κ3) is 4.07. The highest BCUT2D eigenvalue weighted by Gasteiger charge is 2.32. The van der Waals surface area contributed by atoms with Gasteiger partial charge >= 0.3 is 5.97 Å². The van der Waals surface area contributed by atoms with Crippen LogP contribution in [0.15, 0.2) is 34.9 Å². The standard InChI is InChI=1S/C20H20FNO5/c1-12-11-27-16(9-17(23)24)18(12)20(26)22-8-2-3-14(10-22)19(25)13-4-6-15(21)7-5-13/h4-7,11,14H,2-3,8-10H2,1H3,(H,23,24). The first-order valence-corrected chi connectivity index (χ1v) is 8.74. The number of piperidine rings is 1. The van der Waals surface area contributed by atoms with Gasteiger partial charge in [-0.25, -0.2) is 4.39 Å². The highest BCUT2D eigenvalue weighted by Crippen LogP contribution is 2.25. The number of aryl methyl sites for hydroxylation is 1. The molecule has 6 nitrogen and oxygen atoms in total. The van der Waals surface area contributed by atoms with E-state index < -0.39 is 11.8 Å². The molecule has 1 amide bonds. The minimum Gasteiger partial charge on any atom is -0.481 e. The van der Waals surface area contributed by atoms with Crippen LogP contribution >= 0.6 is 0 Å². The van der Waals surface area contributed by atoms with E-state index in [1.807, 2.05) is 0 Å². The average molecular weight is 373 g/mol. The second-order valence-electron chi connectivity index (χ2n) is 6.75. The van der Waals surface area contributed by atoms with Crippen molar-refractivity contribution in [3.05, 3.63) is 58.8 Å². The van der Waals surface area contributed by atoms with Crippen LogP contribution in [0.4, 0.5) is 4.39 Å². The van der Waals surface area contributed by atoms with E-state index in [0.717, 1.165) is 0 Å². The number of rotatable bonds is 5. The SMILES string of the molecule is Cc1coc(CC(=O)O)c1C(=O)N1CCCC(C(=O)c2ccc(F)cc2)C1. The summed E-state index contributed by atoms with van der Waals surface area (Å²) in [5.74, 6) is -2.19. The second-order valence-corrected chi connectivity index (χ2v) is 6.75. The van der Waals surface area contributed by atoms with Crippen LogP contribution in [-0.2, 0) is 11.2 Å². The third-order valence-corrected chi connectivity index (χ3v) is 4.78. The normalized spacial score (nSPS) is 17.0. The Morgan fingerprint density at radius 2 is 1.96 bits per heavy atom. The van der Waals surface area contributed by atoms with Gasteiger partial charge < -0.3 is 14.4 Å². The van der Waals surface area contributed by atoms with Gasteiger partial charge in [0.2, 0.25) is 0 Å². The number of carboxylic acid groups (broad SMARTS) is 1. The zero-order valence-corrected chi connectivity index (χ0v) is 14.9. The monoisotopic (exact) mass is 373 g/mol. The first kappa shape index (κ1) is 18.8. The van der Waals surface area contributed by atoms with Gasteiger partial charge in [-0.15, -0.1) is 0 Å². The summed E-state index contributed by atoms with van der Waals surface area (Å²) >= 11 is 0. The smallest absolute Gasteiger partial charge is 0.311 e. The summed E-state index contributed by atoms with van der Waals surface area (Å²) in [7, 11) is 0. The molecule has 0 aliphatic carbocycles. The number of likely N-dealkylation sites (tertiary alicyclic amines) is 1. The number of benzene rings is 1. The number of aliphatic carboxylic acids is 1. The van der Waals surface area contributed by atoms with E-state index in [4.69, 9.17) is 9.52 Å². The van der Waals surface area contributed by atoms with E-state index in [1.54, 1.807) is 11.8 Å². The molecule has 2 aromatic rings. The predicted molar refractivity (Wildman–Crippen MR) is 94.1 cm³/mol. The summed E-state index contributed by atoms with van der Waals surface area (Å²) < 4.78 is 18.3. The molecule has 3 rings (SSSR count). The van der Waals surface area contributed by atoms with Crippen LogP contribution in [-0.4, -0.2) is 40.8 Å². The topological polar surface area (TPSA) is 87.8 Å². The average Bonchev–Trinajstić information content (AvgIpc) is 3.00. The Morgan fingerprint density at radius 3 is 2.63 bits per heavy atom. The van der Waals surface area contributed by atoms with Crippen molar-refractivity contribution in [3.63, 3.8) is 0 Å². The highest BCUT2D eigenvalue weighted by atomic mass is 19.1. The number of carbonyl (C=O) groups excluding carboxylic acids is 2. The Morgan fingerprint density at radius 1 is 1.26 bits per heavy atom.